The van der Waals surface area contributed by atoms with E-state index < -0.39 is 6.17 Å². The number of halogens is 3. The molecule has 0 unspecified atom stereocenters. The highest BCUT2D eigenvalue weighted by Crippen LogP contribution is 2.32. The van der Waals surface area contributed by atoms with Crippen molar-refractivity contribution in [3.8, 4) is 5.75 Å². The number of hydrogen-bond acceptors (Lipinski definition) is 2. The van der Waals surface area contributed by atoms with Crippen LogP contribution in [0.5, 0.6) is 5.75 Å². The molecule has 1 N–H and O–H groups in total. The normalized spacial score (nSPS) is 23.9. The lowest BCUT2D eigenvalue weighted by Gasteiger charge is -2.14. The summed E-state index contributed by atoms with van der Waals surface area (Å²) in [6.07, 6.45) is -0.484. The van der Waals surface area contributed by atoms with Crippen molar-refractivity contribution >= 4 is 12.4 Å². The van der Waals surface area contributed by atoms with E-state index in [0.717, 1.165) is 0 Å². The topological polar surface area (TPSA) is 21.3 Å². The summed E-state index contributed by atoms with van der Waals surface area (Å²) < 4.78 is 31.2. The van der Waals surface area contributed by atoms with E-state index in [0.29, 0.717) is 24.3 Å². The summed E-state index contributed by atoms with van der Waals surface area (Å²) in [6.45, 7) is 0.324. The molecule has 16 heavy (non-hydrogen) atoms. The lowest BCUT2D eigenvalue weighted by atomic mass is 10.0. The number of methoxy groups -OCH3 is 1. The second kappa shape index (κ2) is 5.46. The predicted octanol–water partition coefficient (Wildman–Crippen LogP) is 2.63. The van der Waals surface area contributed by atoms with Gasteiger partial charge in [0.25, 0.3) is 0 Å². The summed E-state index contributed by atoms with van der Waals surface area (Å²) in [7, 11) is 1.53. The minimum atomic E-state index is -0.858. The van der Waals surface area contributed by atoms with Crippen LogP contribution in [0.15, 0.2) is 18.2 Å². The first-order chi connectivity index (χ1) is 7.20. The fraction of sp³-hybridized carbons (Fsp3) is 0.455. The molecule has 1 heterocycles. The number of alkyl halides is 1. The van der Waals surface area contributed by atoms with Crippen LogP contribution in [0.2, 0.25) is 0 Å². The Labute approximate surface area is 99.4 Å². The summed E-state index contributed by atoms with van der Waals surface area (Å²) in [5.41, 5.74) is 0.692. The van der Waals surface area contributed by atoms with E-state index in [1.165, 1.54) is 19.2 Å². The fourth-order valence-electron chi connectivity index (χ4n) is 1.91. The Kier molecular flexibility index (Phi) is 4.50. The second-order valence-electron chi connectivity index (χ2n) is 3.68. The maximum atomic E-state index is 13.1. The van der Waals surface area contributed by atoms with Gasteiger partial charge in [0.05, 0.1) is 7.11 Å². The van der Waals surface area contributed by atoms with Crippen molar-refractivity contribution in [2.45, 2.75) is 18.6 Å². The van der Waals surface area contributed by atoms with E-state index in [1.54, 1.807) is 6.07 Å². The number of nitrogens with one attached hydrogen (secondary N) is 1. The Morgan fingerprint density at radius 1 is 1.44 bits per heavy atom. The Hall–Kier alpha value is -0.870. The summed E-state index contributed by atoms with van der Waals surface area (Å²) in [5, 5.41) is 3.00. The maximum Gasteiger partial charge on any atom is 0.123 e. The van der Waals surface area contributed by atoms with Gasteiger partial charge < -0.3 is 10.1 Å². The Balaban J connectivity index is 0.00000128. The van der Waals surface area contributed by atoms with Gasteiger partial charge in [-0.15, -0.1) is 12.4 Å². The van der Waals surface area contributed by atoms with Gasteiger partial charge in [-0.05, 0) is 24.6 Å². The number of ether oxygens (including phenoxy) is 1. The predicted molar refractivity (Wildman–Crippen MR) is 60.5 cm³/mol. The first kappa shape index (κ1) is 13.2. The van der Waals surface area contributed by atoms with Gasteiger partial charge in [0, 0.05) is 18.2 Å². The third kappa shape index (κ3) is 2.62. The molecule has 90 valence electrons. The quantitative estimate of drug-likeness (QED) is 0.870. The van der Waals surface area contributed by atoms with Crippen LogP contribution in [0, 0.1) is 5.82 Å². The molecule has 0 radical (unpaired) electrons. The van der Waals surface area contributed by atoms with Crippen LogP contribution in [0.3, 0.4) is 0 Å². The Morgan fingerprint density at radius 3 is 2.75 bits per heavy atom. The highest BCUT2D eigenvalue weighted by molar-refractivity contribution is 5.85. The Bertz CT molecular complexity index is 362. The van der Waals surface area contributed by atoms with Gasteiger partial charge in [-0.1, -0.05) is 0 Å². The standard InChI is InChI=1S/C11H13F2NO.ClH/c1-15-11-3-2-7(12)4-9(11)10-5-8(13)6-14-10;/h2-4,8,10,14H,5-6H2,1H3;1H/t8-,10+;/m0./s1. The minimum Gasteiger partial charge on any atom is -0.496 e. The molecule has 0 amide bonds. The van der Waals surface area contributed by atoms with E-state index in [1.807, 2.05) is 0 Å². The molecule has 0 saturated carbocycles. The van der Waals surface area contributed by atoms with Gasteiger partial charge in [-0.2, -0.15) is 0 Å². The molecule has 1 aromatic carbocycles. The van der Waals surface area contributed by atoms with Gasteiger partial charge in [0.1, 0.15) is 17.7 Å². The highest BCUT2D eigenvalue weighted by atomic mass is 35.5. The molecule has 1 aliphatic rings. The van der Waals surface area contributed by atoms with Crippen LogP contribution in [-0.2, 0) is 0 Å². The average Bonchev–Trinajstić information content (AvgIpc) is 2.65. The fourth-order valence-corrected chi connectivity index (χ4v) is 1.91. The van der Waals surface area contributed by atoms with E-state index in [2.05, 4.69) is 5.32 Å². The highest BCUT2D eigenvalue weighted by Gasteiger charge is 2.27. The molecule has 0 aromatic heterocycles. The molecule has 5 heteroatoms. The lowest BCUT2D eigenvalue weighted by molar-refractivity contribution is 0.353. The lowest BCUT2D eigenvalue weighted by Crippen LogP contribution is -2.14. The van der Waals surface area contributed by atoms with E-state index in [-0.39, 0.29) is 24.3 Å². The number of benzene rings is 1. The largest absolute Gasteiger partial charge is 0.496 e. The van der Waals surface area contributed by atoms with Crippen molar-refractivity contribution in [3.63, 3.8) is 0 Å². The molecule has 1 aliphatic heterocycles. The van der Waals surface area contributed by atoms with Crippen molar-refractivity contribution in [1.29, 1.82) is 0 Å². The number of hydrogen-bond donors (Lipinski definition) is 1. The number of rotatable bonds is 2. The van der Waals surface area contributed by atoms with Crippen molar-refractivity contribution in [3.05, 3.63) is 29.6 Å². The molecule has 1 aromatic rings. The first-order valence-electron chi connectivity index (χ1n) is 4.91. The second-order valence-corrected chi connectivity index (χ2v) is 3.68. The molecule has 0 aliphatic carbocycles. The van der Waals surface area contributed by atoms with Crippen LogP contribution in [-0.4, -0.2) is 19.8 Å². The zero-order valence-corrected chi connectivity index (χ0v) is 9.69. The smallest absolute Gasteiger partial charge is 0.123 e. The molecule has 2 atom stereocenters. The molecule has 0 bridgehead atoms. The van der Waals surface area contributed by atoms with Gasteiger partial charge in [0.15, 0.2) is 0 Å². The van der Waals surface area contributed by atoms with Gasteiger partial charge in [-0.3, -0.25) is 0 Å². The van der Waals surface area contributed by atoms with Gasteiger partial charge >= 0.3 is 0 Å². The van der Waals surface area contributed by atoms with E-state index >= 15 is 0 Å². The Morgan fingerprint density at radius 2 is 2.19 bits per heavy atom. The molecule has 2 rings (SSSR count). The van der Waals surface area contributed by atoms with Crippen LogP contribution in [0.4, 0.5) is 8.78 Å². The van der Waals surface area contributed by atoms with Crippen molar-refractivity contribution in [2.75, 3.05) is 13.7 Å². The molecular formula is C11H14ClF2NO. The van der Waals surface area contributed by atoms with E-state index in [9.17, 15) is 8.78 Å². The zero-order valence-electron chi connectivity index (χ0n) is 8.87. The summed E-state index contributed by atoms with van der Waals surface area (Å²) >= 11 is 0. The van der Waals surface area contributed by atoms with Crippen molar-refractivity contribution < 1.29 is 13.5 Å². The molecule has 2 nitrogen and oxygen atoms in total. The molecular weight excluding hydrogens is 236 g/mol. The van der Waals surface area contributed by atoms with Crippen LogP contribution in [0.25, 0.3) is 0 Å². The maximum absolute atomic E-state index is 13.1. The third-order valence-corrected chi connectivity index (χ3v) is 2.64. The first-order valence-corrected chi connectivity index (χ1v) is 4.91. The van der Waals surface area contributed by atoms with Crippen LogP contribution >= 0.6 is 12.4 Å². The molecule has 1 saturated heterocycles. The SMILES string of the molecule is COc1ccc(F)cc1[C@H]1C[C@H](F)CN1.Cl. The van der Waals surface area contributed by atoms with E-state index in [4.69, 9.17) is 4.74 Å². The summed E-state index contributed by atoms with van der Waals surface area (Å²) in [5.74, 6) is 0.276. The molecule has 1 fully saturated rings. The third-order valence-electron chi connectivity index (χ3n) is 2.64. The summed E-state index contributed by atoms with van der Waals surface area (Å²) in [6, 6.07) is 4.15. The summed E-state index contributed by atoms with van der Waals surface area (Å²) in [4.78, 5) is 0. The minimum absolute atomic E-state index is 0. The van der Waals surface area contributed by atoms with Gasteiger partial charge in [-0.25, -0.2) is 8.78 Å². The monoisotopic (exact) mass is 249 g/mol. The molecule has 0 spiro atoms. The van der Waals surface area contributed by atoms with Crippen molar-refractivity contribution in [2.24, 2.45) is 0 Å². The average molecular weight is 250 g/mol. The van der Waals surface area contributed by atoms with Crippen molar-refractivity contribution in [1.82, 2.24) is 5.32 Å². The van der Waals surface area contributed by atoms with Crippen LogP contribution < -0.4 is 10.1 Å². The zero-order chi connectivity index (χ0) is 10.8. The van der Waals surface area contributed by atoms with Gasteiger partial charge in [0.2, 0.25) is 0 Å². The van der Waals surface area contributed by atoms with Crippen LogP contribution in [0.1, 0.15) is 18.0 Å².